The first-order chi connectivity index (χ1) is 7.79. The quantitative estimate of drug-likeness (QED) is 0.843. The molecule has 0 heterocycles. The summed E-state index contributed by atoms with van der Waals surface area (Å²) in [4.78, 5) is 11.5. The van der Waals surface area contributed by atoms with Crippen LogP contribution in [0.5, 0.6) is 0 Å². The summed E-state index contributed by atoms with van der Waals surface area (Å²) < 4.78 is 35.5. The van der Waals surface area contributed by atoms with Gasteiger partial charge in [0.05, 0.1) is 17.0 Å². The number of rotatable bonds is 3. The van der Waals surface area contributed by atoms with E-state index in [0.717, 1.165) is 0 Å². The zero-order chi connectivity index (χ0) is 13.1. The van der Waals surface area contributed by atoms with Gasteiger partial charge in [0.15, 0.2) is 0 Å². The predicted octanol–water partition coefficient (Wildman–Crippen LogP) is 3.03. The zero-order valence-electron chi connectivity index (χ0n) is 9.05. The molecule has 1 amide bonds. The molecule has 0 atom stereocenters. The number of carbonyl (C=O) groups is 1. The molecular formula is C10H11Cl2F3N2O. The van der Waals surface area contributed by atoms with Crippen molar-refractivity contribution in [3.05, 3.63) is 28.8 Å². The molecule has 0 saturated heterocycles. The van der Waals surface area contributed by atoms with Crippen LogP contribution in [0.3, 0.4) is 0 Å². The molecule has 8 heteroatoms. The molecule has 1 aromatic carbocycles. The van der Waals surface area contributed by atoms with Crippen molar-refractivity contribution in [2.45, 2.75) is 12.6 Å². The van der Waals surface area contributed by atoms with Gasteiger partial charge in [-0.05, 0) is 18.2 Å². The first-order valence-electron chi connectivity index (χ1n) is 4.69. The summed E-state index contributed by atoms with van der Waals surface area (Å²) in [5, 5.41) is 2.24. The van der Waals surface area contributed by atoms with Crippen LogP contribution in [-0.2, 0) is 0 Å². The summed E-state index contributed by atoms with van der Waals surface area (Å²) in [5.41, 5.74) is 5.90. The van der Waals surface area contributed by atoms with Crippen LogP contribution in [0.25, 0.3) is 0 Å². The van der Waals surface area contributed by atoms with E-state index in [9.17, 15) is 18.0 Å². The summed E-state index contributed by atoms with van der Waals surface area (Å²) in [6.07, 6.45) is -5.37. The van der Waals surface area contributed by atoms with Crippen molar-refractivity contribution in [1.29, 1.82) is 0 Å². The molecule has 18 heavy (non-hydrogen) atoms. The topological polar surface area (TPSA) is 55.1 Å². The second-order valence-electron chi connectivity index (χ2n) is 3.36. The number of nitrogen functional groups attached to an aromatic ring is 1. The van der Waals surface area contributed by atoms with Crippen LogP contribution >= 0.6 is 24.0 Å². The van der Waals surface area contributed by atoms with Crippen LogP contribution in [0, 0.1) is 0 Å². The molecule has 1 rings (SSSR count). The highest BCUT2D eigenvalue weighted by molar-refractivity contribution is 6.34. The number of alkyl halides is 3. The van der Waals surface area contributed by atoms with E-state index in [-0.39, 0.29) is 23.0 Å². The van der Waals surface area contributed by atoms with Crippen molar-refractivity contribution in [1.82, 2.24) is 5.32 Å². The van der Waals surface area contributed by atoms with E-state index in [1.165, 1.54) is 18.2 Å². The highest BCUT2D eigenvalue weighted by Gasteiger charge is 2.26. The fraction of sp³-hybridized carbons (Fsp3) is 0.300. The minimum atomic E-state index is -4.29. The molecule has 0 bridgehead atoms. The minimum Gasteiger partial charge on any atom is -0.399 e. The van der Waals surface area contributed by atoms with Gasteiger partial charge in [-0.15, -0.1) is 12.4 Å². The maximum atomic E-state index is 11.8. The maximum Gasteiger partial charge on any atom is 0.390 e. The summed E-state index contributed by atoms with van der Waals surface area (Å²) in [6.45, 7) is -0.483. The van der Waals surface area contributed by atoms with Crippen molar-refractivity contribution >= 4 is 35.6 Å². The van der Waals surface area contributed by atoms with Gasteiger partial charge in [-0.2, -0.15) is 13.2 Å². The van der Waals surface area contributed by atoms with Crippen molar-refractivity contribution in [3.63, 3.8) is 0 Å². The summed E-state index contributed by atoms with van der Waals surface area (Å²) in [7, 11) is 0. The number of anilines is 1. The third-order valence-corrected chi connectivity index (χ3v) is 2.24. The van der Waals surface area contributed by atoms with Gasteiger partial charge < -0.3 is 11.1 Å². The summed E-state index contributed by atoms with van der Waals surface area (Å²) >= 11 is 5.73. The third-order valence-electron chi connectivity index (χ3n) is 1.93. The summed E-state index contributed by atoms with van der Waals surface area (Å²) in [6, 6.07) is 4.17. The number of amides is 1. The zero-order valence-corrected chi connectivity index (χ0v) is 10.6. The van der Waals surface area contributed by atoms with Gasteiger partial charge in [-0.25, -0.2) is 0 Å². The molecule has 0 aromatic heterocycles. The molecule has 3 nitrogen and oxygen atoms in total. The number of halogens is 5. The van der Waals surface area contributed by atoms with E-state index >= 15 is 0 Å². The van der Waals surface area contributed by atoms with Gasteiger partial charge in [0, 0.05) is 12.2 Å². The highest BCUT2D eigenvalue weighted by atomic mass is 35.5. The number of hydrogen-bond donors (Lipinski definition) is 2. The molecule has 0 saturated carbocycles. The monoisotopic (exact) mass is 302 g/mol. The number of nitrogens with two attached hydrogens (primary N) is 1. The van der Waals surface area contributed by atoms with Crippen LogP contribution in [-0.4, -0.2) is 18.6 Å². The highest BCUT2D eigenvalue weighted by Crippen LogP contribution is 2.20. The SMILES string of the molecule is Cl.Nc1ccc(C(=O)NCCC(F)(F)F)c(Cl)c1. The summed E-state index contributed by atoms with van der Waals surface area (Å²) in [5.74, 6) is -0.653. The van der Waals surface area contributed by atoms with Gasteiger partial charge in [-0.1, -0.05) is 11.6 Å². The first-order valence-corrected chi connectivity index (χ1v) is 5.07. The Balaban J connectivity index is 0.00000289. The Labute approximate surface area is 113 Å². The van der Waals surface area contributed by atoms with Crippen LogP contribution in [0.4, 0.5) is 18.9 Å². The molecule has 102 valence electrons. The van der Waals surface area contributed by atoms with E-state index in [0.29, 0.717) is 5.69 Å². The largest absolute Gasteiger partial charge is 0.399 e. The molecule has 0 unspecified atom stereocenters. The third kappa shape index (κ3) is 5.46. The maximum absolute atomic E-state index is 11.8. The number of hydrogen-bond acceptors (Lipinski definition) is 2. The van der Waals surface area contributed by atoms with Gasteiger partial charge in [0.1, 0.15) is 0 Å². The van der Waals surface area contributed by atoms with Gasteiger partial charge in [0.25, 0.3) is 5.91 Å². The second kappa shape index (κ2) is 6.70. The predicted molar refractivity (Wildman–Crippen MR) is 66.1 cm³/mol. The molecule has 0 aliphatic rings. The number of benzene rings is 1. The Morgan fingerprint density at radius 2 is 2.00 bits per heavy atom. The molecule has 0 aliphatic carbocycles. The number of carbonyl (C=O) groups excluding carboxylic acids is 1. The van der Waals surface area contributed by atoms with Crippen LogP contribution in [0.15, 0.2) is 18.2 Å². The standard InChI is InChI=1S/C10H10ClF3N2O.ClH/c11-8-5-6(15)1-2-7(8)9(17)16-4-3-10(12,13)14;/h1-2,5H,3-4,15H2,(H,16,17);1H. The molecule has 0 radical (unpaired) electrons. The van der Waals surface area contributed by atoms with Crippen LogP contribution < -0.4 is 11.1 Å². The van der Waals surface area contributed by atoms with Crippen molar-refractivity contribution < 1.29 is 18.0 Å². The smallest absolute Gasteiger partial charge is 0.390 e. The van der Waals surface area contributed by atoms with Crippen LogP contribution in [0.1, 0.15) is 16.8 Å². The van der Waals surface area contributed by atoms with Crippen molar-refractivity contribution in [2.75, 3.05) is 12.3 Å². The molecule has 3 N–H and O–H groups in total. The fourth-order valence-corrected chi connectivity index (χ4v) is 1.40. The van der Waals surface area contributed by atoms with E-state index in [1.807, 2.05) is 0 Å². The average molecular weight is 303 g/mol. The average Bonchev–Trinajstić information content (AvgIpc) is 2.15. The molecule has 0 aliphatic heterocycles. The lowest BCUT2D eigenvalue weighted by Gasteiger charge is -2.09. The van der Waals surface area contributed by atoms with E-state index in [1.54, 1.807) is 0 Å². The second-order valence-corrected chi connectivity index (χ2v) is 3.77. The van der Waals surface area contributed by atoms with Gasteiger partial charge >= 0.3 is 6.18 Å². The molecular weight excluding hydrogens is 292 g/mol. The first kappa shape index (κ1) is 16.9. The Morgan fingerprint density at radius 3 is 2.50 bits per heavy atom. The lowest BCUT2D eigenvalue weighted by Crippen LogP contribution is -2.28. The number of nitrogens with one attached hydrogen (secondary N) is 1. The Bertz CT molecular complexity index is 424. The van der Waals surface area contributed by atoms with E-state index in [4.69, 9.17) is 17.3 Å². The lowest BCUT2D eigenvalue weighted by atomic mass is 10.2. The van der Waals surface area contributed by atoms with E-state index in [2.05, 4.69) is 5.32 Å². The van der Waals surface area contributed by atoms with Gasteiger partial charge in [-0.3, -0.25) is 4.79 Å². The Hall–Kier alpha value is -1.14. The molecule has 0 fully saturated rings. The van der Waals surface area contributed by atoms with E-state index < -0.39 is 25.0 Å². The Kier molecular flexibility index (Phi) is 6.28. The lowest BCUT2D eigenvalue weighted by molar-refractivity contribution is -0.132. The van der Waals surface area contributed by atoms with Crippen molar-refractivity contribution in [3.8, 4) is 0 Å². The Morgan fingerprint density at radius 1 is 1.39 bits per heavy atom. The van der Waals surface area contributed by atoms with Crippen LogP contribution in [0.2, 0.25) is 5.02 Å². The minimum absolute atomic E-state index is 0. The normalized spacial score (nSPS) is 10.7. The molecule has 1 aromatic rings. The fourth-order valence-electron chi connectivity index (χ4n) is 1.13. The van der Waals surface area contributed by atoms with Crippen molar-refractivity contribution in [2.24, 2.45) is 0 Å². The van der Waals surface area contributed by atoms with Gasteiger partial charge in [0.2, 0.25) is 0 Å². The molecule has 0 spiro atoms.